The quantitative estimate of drug-likeness (QED) is 0.731. The number of anilines is 1. The molecule has 0 bridgehead atoms. The van der Waals surface area contributed by atoms with Crippen LogP contribution in [0, 0.1) is 39.4 Å². The molecule has 2 aliphatic heterocycles. The van der Waals surface area contributed by atoms with E-state index in [0.29, 0.717) is 18.5 Å². The molecular formula is C17H16N4O. The number of nitriles is 3. The smallest absolute Gasteiger partial charge is 0.170 e. The van der Waals surface area contributed by atoms with Crippen molar-refractivity contribution in [2.24, 2.45) is 5.41 Å². The Bertz CT molecular complexity index is 722. The first-order valence-electron chi connectivity index (χ1n) is 7.32. The Hall–Kier alpha value is -2.55. The van der Waals surface area contributed by atoms with E-state index in [1.54, 1.807) is 12.1 Å². The molecule has 0 radical (unpaired) electrons. The molecule has 1 aromatic carbocycles. The minimum atomic E-state index is -1.15. The van der Waals surface area contributed by atoms with Crippen LogP contribution in [-0.2, 0) is 11.2 Å². The van der Waals surface area contributed by atoms with Crippen LogP contribution in [0.25, 0.3) is 0 Å². The normalized spacial score (nSPS) is 28.5. The van der Waals surface area contributed by atoms with E-state index < -0.39 is 5.41 Å². The van der Waals surface area contributed by atoms with Crippen molar-refractivity contribution in [2.45, 2.75) is 38.5 Å². The van der Waals surface area contributed by atoms with Gasteiger partial charge in [-0.15, -0.1) is 0 Å². The Kier molecular flexibility index (Phi) is 3.28. The van der Waals surface area contributed by atoms with Crippen molar-refractivity contribution in [2.75, 3.05) is 11.4 Å². The predicted molar refractivity (Wildman–Crippen MR) is 79.7 cm³/mol. The molecule has 22 heavy (non-hydrogen) atoms. The third-order valence-electron chi connectivity index (χ3n) is 4.57. The van der Waals surface area contributed by atoms with Gasteiger partial charge in [0.1, 0.15) is 0 Å². The lowest BCUT2D eigenvalue weighted by molar-refractivity contribution is -0.0467. The van der Waals surface area contributed by atoms with Gasteiger partial charge in [-0.1, -0.05) is 0 Å². The summed E-state index contributed by atoms with van der Waals surface area (Å²) in [6.45, 7) is 4.55. The van der Waals surface area contributed by atoms with Crippen LogP contribution in [0.2, 0.25) is 0 Å². The van der Waals surface area contributed by atoms with Crippen molar-refractivity contribution in [3.63, 3.8) is 0 Å². The van der Waals surface area contributed by atoms with E-state index in [2.05, 4.69) is 23.1 Å². The molecule has 110 valence electrons. The lowest BCUT2D eigenvalue weighted by atomic mass is 9.70. The highest BCUT2D eigenvalue weighted by Crippen LogP contribution is 2.44. The molecule has 2 heterocycles. The third-order valence-corrected chi connectivity index (χ3v) is 4.57. The van der Waals surface area contributed by atoms with E-state index in [0.717, 1.165) is 11.3 Å². The summed E-state index contributed by atoms with van der Waals surface area (Å²) in [5, 5.41) is 28.5. The SMILES string of the molecule is C[C@H]1CN2c3ccc(C#N)cc3CC(C#N)(C#N)C2[C@@H](C)O1. The van der Waals surface area contributed by atoms with Crippen LogP contribution in [0.3, 0.4) is 0 Å². The molecular weight excluding hydrogens is 276 g/mol. The minimum absolute atomic E-state index is 0.0305. The number of rotatable bonds is 0. The second kappa shape index (κ2) is 5.02. The van der Waals surface area contributed by atoms with Gasteiger partial charge in [0, 0.05) is 18.7 Å². The molecule has 1 fully saturated rings. The maximum absolute atomic E-state index is 9.70. The average Bonchev–Trinajstić information content (AvgIpc) is 2.52. The summed E-state index contributed by atoms with van der Waals surface area (Å²) in [6.07, 6.45) is 0.156. The molecule has 0 N–H and O–H groups in total. The highest BCUT2D eigenvalue weighted by atomic mass is 16.5. The fourth-order valence-corrected chi connectivity index (χ4v) is 3.76. The van der Waals surface area contributed by atoms with Crippen LogP contribution in [0.15, 0.2) is 18.2 Å². The summed E-state index contributed by atoms with van der Waals surface area (Å²) in [7, 11) is 0. The average molecular weight is 292 g/mol. The predicted octanol–water partition coefficient (Wildman–Crippen LogP) is 2.13. The molecule has 0 saturated carbocycles. The monoisotopic (exact) mass is 292 g/mol. The molecule has 5 nitrogen and oxygen atoms in total. The Labute approximate surface area is 129 Å². The van der Waals surface area contributed by atoms with Gasteiger partial charge in [0.2, 0.25) is 0 Å². The van der Waals surface area contributed by atoms with Gasteiger partial charge in [0.25, 0.3) is 0 Å². The van der Waals surface area contributed by atoms with E-state index in [4.69, 9.17) is 10.00 Å². The highest BCUT2D eigenvalue weighted by Gasteiger charge is 2.52. The van der Waals surface area contributed by atoms with Gasteiger partial charge < -0.3 is 9.64 Å². The number of fused-ring (bicyclic) bond motifs is 3. The fraction of sp³-hybridized carbons (Fsp3) is 0.471. The number of hydrogen-bond acceptors (Lipinski definition) is 5. The Morgan fingerprint density at radius 3 is 2.59 bits per heavy atom. The summed E-state index contributed by atoms with van der Waals surface area (Å²) in [5.41, 5.74) is 1.30. The molecule has 1 saturated heterocycles. The Morgan fingerprint density at radius 1 is 1.23 bits per heavy atom. The molecule has 0 spiro atoms. The first-order chi connectivity index (χ1) is 10.5. The molecule has 0 aliphatic carbocycles. The maximum Gasteiger partial charge on any atom is 0.170 e. The summed E-state index contributed by atoms with van der Waals surface area (Å²) < 4.78 is 5.88. The number of benzene rings is 1. The van der Waals surface area contributed by atoms with Crippen molar-refractivity contribution in [3.8, 4) is 18.2 Å². The second-order valence-corrected chi connectivity index (χ2v) is 6.08. The number of morpholine rings is 1. The Morgan fingerprint density at radius 2 is 1.95 bits per heavy atom. The molecule has 1 unspecified atom stereocenters. The van der Waals surface area contributed by atoms with E-state index in [-0.39, 0.29) is 18.2 Å². The first kappa shape index (κ1) is 14.4. The zero-order valence-corrected chi connectivity index (χ0v) is 12.6. The molecule has 0 aromatic heterocycles. The topological polar surface area (TPSA) is 83.8 Å². The van der Waals surface area contributed by atoms with Gasteiger partial charge in [0.15, 0.2) is 5.41 Å². The largest absolute Gasteiger partial charge is 0.371 e. The van der Waals surface area contributed by atoms with Gasteiger partial charge in [-0.3, -0.25) is 0 Å². The molecule has 3 rings (SSSR count). The number of hydrogen-bond donors (Lipinski definition) is 0. The van der Waals surface area contributed by atoms with Gasteiger partial charge in [0.05, 0.1) is 42.0 Å². The lowest BCUT2D eigenvalue weighted by Crippen LogP contribution is -2.63. The van der Waals surface area contributed by atoms with E-state index in [1.165, 1.54) is 0 Å². The molecule has 5 heteroatoms. The fourth-order valence-electron chi connectivity index (χ4n) is 3.76. The zero-order valence-electron chi connectivity index (χ0n) is 12.6. The van der Waals surface area contributed by atoms with Crippen LogP contribution in [0.1, 0.15) is 25.0 Å². The van der Waals surface area contributed by atoms with Crippen molar-refractivity contribution in [3.05, 3.63) is 29.3 Å². The summed E-state index contributed by atoms with van der Waals surface area (Å²) in [5.74, 6) is 0. The Balaban J connectivity index is 2.19. The van der Waals surface area contributed by atoms with Crippen LogP contribution >= 0.6 is 0 Å². The standard InChI is InChI=1S/C17H16N4O/c1-11-8-21-15-4-3-13(7-18)5-14(15)6-17(9-19,10-20)16(21)12(2)22-11/h3-5,11-12,16H,6,8H2,1-2H3/t11-,12+,16?/m0/s1. The van der Waals surface area contributed by atoms with Crippen LogP contribution < -0.4 is 4.90 Å². The maximum atomic E-state index is 9.70. The summed E-state index contributed by atoms with van der Waals surface area (Å²) >= 11 is 0. The van der Waals surface area contributed by atoms with Crippen molar-refractivity contribution in [1.29, 1.82) is 15.8 Å². The highest BCUT2D eigenvalue weighted by molar-refractivity contribution is 5.63. The summed E-state index contributed by atoms with van der Waals surface area (Å²) in [4.78, 5) is 2.12. The van der Waals surface area contributed by atoms with Crippen LogP contribution in [-0.4, -0.2) is 24.8 Å². The zero-order chi connectivity index (χ0) is 15.9. The molecule has 2 aliphatic rings. The van der Waals surface area contributed by atoms with E-state index in [9.17, 15) is 10.5 Å². The van der Waals surface area contributed by atoms with Crippen LogP contribution in [0.5, 0.6) is 0 Å². The van der Waals surface area contributed by atoms with Crippen molar-refractivity contribution in [1.82, 2.24) is 0 Å². The van der Waals surface area contributed by atoms with E-state index >= 15 is 0 Å². The molecule has 3 atom stereocenters. The van der Waals surface area contributed by atoms with Crippen molar-refractivity contribution < 1.29 is 4.74 Å². The molecule has 0 amide bonds. The minimum Gasteiger partial charge on any atom is -0.371 e. The van der Waals surface area contributed by atoms with E-state index in [1.807, 2.05) is 19.9 Å². The first-order valence-corrected chi connectivity index (χ1v) is 7.32. The second-order valence-electron chi connectivity index (χ2n) is 6.08. The van der Waals surface area contributed by atoms with Crippen LogP contribution in [0.4, 0.5) is 5.69 Å². The number of ether oxygens (including phenoxy) is 1. The third kappa shape index (κ3) is 1.93. The lowest BCUT2D eigenvalue weighted by Gasteiger charge is -2.51. The van der Waals surface area contributed by atoms with Crippen molar-refractivity contribution >= 4 is 5.69 Å². The van der Waals surface area contributed by atoms with Gasteiger partial charge in [-0.05, 0) is 37.6 Å². The van der Waals surface area contributed by atoms with Gasteiger partial charge in [-0.25, -0.2) is 0 Å². The van der Waals surface area contributed by atoms with Gasteiger partial charge in [-0.2, -0.15) is 15.8 Å². The van der Waals surface area contributed by atoms with Gasteiger partial charge >= 0.3 is 0 Å². The summed E-state index contributed by atoms with van der Waals surface area (Å²) in [6, 6.07) is 11.8. The molecule has 1 aromatic rings. The number of nitrogens with zero attached hydrogens (tertiary/aromatic N) is 4.